The summed E-state index contributed by atoms with van der Waals surface area (Å²) in [5.74, 6) is 0.951. The molecule has 0 aliphatic rings. The fraction of sp³-hybridized carbons (Fsp3) is 0.333. The summed E-state index contributed by atoms with van der Waals surface area (Å²) in [6.45, 7) is 3.69. The van der Waals surface area contributed by atoms with Gasteiger partial charge in [0.25, 0.3) is 0 Å². The van der Waals surface area contributed by atoms with E-state index in [1.54, 1.807) is 11.0 Å². The predicted molar refractivity (Wildman–Crippen MR) is 62.7 cm³/mol. The Bertz CT molecular complexity index is 444. The Hall–Kier alpha value is -1.68. The van der Waals surface area contributed by atoms with Gasteiger partial charge >= 0.3 is 0 Å². The number of aryl methyl sites for hydroxylation is 2. The van der Waals surface area contributed by atoms with Gasteiger partial charge in [-0.05, 0) is 12.5 Å². The van der Waals surface area contributed by atoms with E-state index in [1.165, 1.54) is 11.1 Å². The first kappa shape index (κ1) is 10.8. The van der Waals surface area contributed by atoms with Gasteiger partial charge in [0.1, 0.15) is 12.2 Å². The van der Waals surface area contributed by atoms with Crippen molar-refractivity contribution in [2.75, 3.05) is 0 Å². The molecular weight excluding hydrogens is 200 g/mol. The summed E-state index contributed by atoms with van der Waals surface area (Å²) in [4.78, 5) is 4.15. The van der Waals surface area contributed by atoms with Gasteiger partial charge in [-0.25, -0.2) is 4.98 Å². The first-order valence-corrected chi connectivity index (χ1v) is 5.35. The molecule has 0 bridgehead atoms. The van der Waals surface area contributed by atoms with Crippen molar-refractivity contribution in [2.45, 2.75) is 20.0 Å². The van der Waals surface area contributed by atoms with Crippen LogP contribution in [0.25, 0.3) is 0 Å². The van der Waals surface area contributed by atoms with Crippen LogP contribution in [0.1, 0.15) is 17.0 Å². The molecule has 0 unspecified atom stereocenters. The van der Waals surface area contributed by atoms with Crippen LogP contribution in [-0.4, -0.2) is 14.8 Å². The van der Waals surface area contributed by atoms with E-state index in [0.717, 1.165) is 18.9 Å². The van der Waals surface area contributed by atoms with Crippen molar-refractivity contribution < 1.29 is 0 Å². The second-order valence-electron chi connectivity index (χ2n) is 3.89. The summed E-state index contributed by atoms with van der Waals surface area (Å²) >= 11 is 0. The lowest BCUT2D eigenvalue weighted by molar-refractivity contribution is 0.614. The van der Waals surface area contributed by atoms with Crippen LogP contribution in [0.15, 0.2) is 30.6 Å². The number of aromatic nitrogens is 3. The molecule has 0 spiro atoms. The predicted octanol–water partition coefficient (Wildman–Crippen LogP) is 1.41. The van der Waals surface area contributed by atoms with Crippen molar-refractivity contribution in [1.29, 1.82) is 0 Å². The molecule has 2 aromatic rings. The molecule has 1 N–H and O–H groups in total. The normalized spacial score (nSPS) is 10.6. The molecule has 4 heteroatoms. The highest BCUT2D eigenvalue weighted by atomic mass is 15.3. The van der Waals surface area contributed by atoms with Crippen LogP contribution in [0.2, 0.25) is 0 Å². The maximum atomic E-state index is 4.15. The van der Waals surface area contributed by atoms with Crippen molar-refractivity contribution in [3.05, 3.63) is 47.5 Å². The molecule has 1 aromatic carbocycles. The zero-order valence-corrected chi connectivity index (χ0v) is 9.64. The van der Waals surface area contributed by atoms with Crippen LogP contribution < -0.4 is 5.32 Å². The Morgan fingerprint density at radius 1 is 1.19 bits per heavy atom. The first-order chi connectivity index (χ1) is 7.75. The number of hydrogen-bond acceptors (Lipinski definition) is 3. The Balaban J connectivity index is 1.84. The van der Waals surface area contributed by atoms with E-state index in [-0.39, 0.29) is 0 Å². The molecule has 2 rings (SSSR count). The van der Waals surface area contributed by atoms with Crippen LogP contribution in [0, 0.1) is 6.92 Å². The molecule has 4 nitrogen and oxygen atoms in total. The fourth-order valence-corrected chi connectivity index (χ4v) is 1.50. The minimum Gasteiger partial charge on any atom is -0.306 e. The highest BCUT2D eigenvalue weighted by Gasteiger charge is 1.99. The number of rotatable bonds is 4. The summed E-state index contributed by atoms with van der Waals surface area (Å²) in [6, 6.07) is 8.52. The SMILES string of the molecule is Cc1ccc(CNCc2ncnn2C)cc1. The van der Waals surface area contributed by atoms with Gasteiger partial charge < -0.3 is 5.32 Å². The largest absolute Gasteiger partial charge is 0.306 e. The van der Waals surface area contributed by atoms with Crippen molar-refractivity contribution >= 4 is 0 Å². The topological polar surface area (TPSA) is 42.7 Å². The molecule has 16 heavy (non-hydrogen) atoms. The average molecular weight is 216 g/mol. The van der Waals surface area contributed by atoms with Gasteiger partial charge in [-0.3, -0.25) is 4.68 Å². The van der Waals surface area contributed by atoms with Gasteiger partial charge in [-0.2, -0.15) is 5.10 Å². The lowest BCUT2D eigenvalue weighted by atomic mass is 10.1. The van der Waals surface area contributed by atoms with E-state index in [4.69, 9.17) is 0 Å². The van der Waals surface area contributed by atoms with Crippen molar-refractivity contribution in [2.24, 2.45) is 7.05 Å². The smallest absolute Gasteiger partial charge is 0.140 e. The zero-order chi connectivity index (χ0) is 11.4. The third kappa shape index (κ3) is 2.67. The molecular formula is C12H16N4. The summed E-state index contributed by atoms with van der Waals surface area (Å²) in [5.41, 5.74) is 2.57. The van der Waals surface area contributed by atoms with Crippen LogP contribution >= 0.6 is 0 Å². The van der Waals surface area contributed by atoms with E-state index in [1.807, 2.05) is 7.05 Å². The van der Waals surface area contributed by atoms with Crippen LogP contribution in [0.4, 0.5) is 0 Å². The molecule has 0 aliphatic carbocycles. The monoisotopic (exact) mass is 216 g/mol. The van der Waals surface area contributed by atoms with Gasteiger partial charge in [-0.1, -0.05) is 29.8 Å². The molecule has 0 atom stereocenters. The number of nitrogens with one attached hydrogen (secondary N) is 1. The molecule has 1 heterocycles. The van der Waals surface area contributed by atoms with Gasteiger partial charge in [0.15, 0.2) is 0 Å². The van der Waals surface area contributed by atoms with Crippen LogP contribution in [0.3, 0.4) is 0 Å². The number of hydrogen-bond donors (Lipinski definition) is 1. The van der Waals surface area contributed by atoms with Crippen molar-refractivity contribution in [3.63, 3.8) is 0 Å². The highest BCUT2D eigenvalue weighted by Crippen LogP contribution is 2.02. The lowest BCUT2D eigenvalue weighted by Gasteiger charge is -2.04. The molecule has 1 aromatic heterocycles. The van der Waals surface area contributed by atoms with Gasteiger partial charge in [-0.15, -0.1) is 0 Å². The maximum absolute atomic E-state index is 4.15. The highest BCUT2D eigenvalue weighted by molar-refractivity contribution is 5.21. The molecule has 0 saturated heterocycles. The summed E-state index contributed by atoms with van der Waals surface area (Å²) < 4.78 is 1.78. The molecule has 84 valence electrons. The standard InChI is InChI=1S/C12H16N4/c1-10-3-5-11(6-4-10)7-13-8-12-14-9-15-16(12)2/h3-6,9,13H,7-8H2,1-2H3. The fourth-order valence-electron chi connectivity index (χ4n) is 1.50. The van der Waals surface area contributed by atoms with E-state index in [2.05, 4.69) is 46.6 Å². The van der Waals surface area contributed by atoms with Gasteiger partial charge in [0, 0.05) is 13.6 Å². The number of nitrogens with zero attached hydrogens (tertiary/aromatic N) is 3. The first-order valence-electron chi connectivity index (χ1n) is 5.35. The summed E-state index contributed by atoms with van der Waals surface area (Å²) in [6.07, 6.45) is 1.57. The average Bonchev–Trinajstić information content (AvgIpc) is 2.68. The van der Waals surface area contributed by atoms with Crippen LogP contribution in [-0.2, 0) is 20.1 Å². The lowest BCUT2D eigenvalue weighted by Crippen LogP contribution is -2.16. The molecule has 0 saturated carbocycles. The maximum Gasteiger partial charge on any atom is 0.140 e. The second-order valence-corrected chi connectivity index (χ2v) is 3.89. The van der Waals surface area contributed by atoms with Crippen molar-refractivity contribution in [3.8, 4) is 0 Å². The third-order valence-electron chi connectivity index (χ3n) is 2.54. The Labute approximate surface area is 95.3 Å². The minimum absolute atomic E-state index is 0.740. The van der Waals surface area contributed by atoms with Crippen molar-refractivity contribution in [1.82, 2.24) is 20.1 Å². The summed E-state index contributed by atoms with van der Waals surface area (Å²) in [5, 5.41) is 7.36. The molecule has 0 amide bonds. The van der Waals surface area contributed by atoms with Gasteiger partial charge in [0.05, 0.1) is 6.54 Å². The van der Waals surface area contributed by atoms with Gasteiger partial charge in [0.2, 0.25) is 0 Å². The zero-order valence-electron chi connectivity index (χ0n) is 9.64. The molecule has 0 aliphatic heterocycles. The Kier molecular flexibility index (Phi) is 3.31. The Morgan fingerprint density at radius 2 is 1.94 bits per heavy atom. The molecule has 0 radical (unpaired) electrons. The van der Waals surface area contributed by atoms with E-state index in [0.29, 0.717) is 0 Å². The van der Waals surface area contributed by atoms with Crippen LogP contribution in [0.5, 0.6) is 0 Å². The quantitative estimate of drug-likeness (QED) is 0.840. The number of benzene rings is 1. The van der Waals surface area contributed by atoms with E-state index >= 15 is 0 Å². The molecule has 0 fully saturated rings. The minimum atomic E-state index is 0.740. The Morgan fingerprint density at radius 3 is 2.56 bits per heavy atom. The third-order valence-corrected chi connectivity index (χ3v) is 2.54. The van der Waals surface area contributed by atoms with E-state index < -0.39 is 0 Å². The van der Waals surface area contributed by atoms with E-state index in [9.17, 15) is 0 Å². The second kappa shape index (κ2) is 4.90. The summed E-state index contributed by atoms with van der Waals surface area (Å²) in [7, 11) is 1.90.